The zero-order valence-corrected chi connectivity index (χ0v) is 17.4. The second-order valence-corrected chi connectivity index (χ2v) is 8.05. The molecule has 1 aromatic heterocycles. The Kier molecular flexibility index (Phi) is 6.47. The van der Waals surface area contributed by atoms with E-state index in [1.54, 1.807) is 14.2 Å². The van der Waals surface area contributed by atoms with E-state index in [0.717, 1.165) is 47.4 Å². The molecule has 1 amide bonds. The number of carbonyl (C=O) groups is 1. The SMILES string of the molecule is CCc1cc2cc(OC)c(OC)cc2nc1SCC(=O)N1CCCC(C)C1. The zero-order valence-electron chi connectivity index (χ0n) is 16.6. The van der Waals surface area contributed by atoms with E-state index < -0.39 is 0 Å². The predicted octanol–water partition coefficient (Wildman–Crippen LogP) is 4.17. The van der Waals surface area contributed by atoms with Gasteiger partial charge in [-0.05, 0) is 42.9 Å². The number of hydrogen-bond acceptors (Lipinski definition) is 5. The number of hydrogen-bond donors (Lipinski definition) is 0. The Hall–Kier alpha value is -1.95. The maximum absolute atomic E-state index is 12.6. The van der Waals surface area contributed by atoms with Gasteiger partial charge in [-0.1, -0.05) is 25.6 Å². The second-order valence-electron chi connectivity index (χ2n) is 7.08. The van der Waals surface area contributed by atoms with Crippen LogP contribution in [0.2, 0.25) is 0 Å². The molecule has 27 heavy (non-hydrogen) atoms. The fourth-order valence-corrected chi connectivity index (χ4v) is 4.54. The van der Waals surface area contributed by atoms with Crippen molar-refractivity contribution in [2.24, 2.45) is 5.92 Å². The third-order valence-corrected chi connectivity index (χ3v) is 6.10. The van der Waals surface area contributed by atoms with E-state index in [1.165, 1.54) is 18.2 Å². The summed E-state index contributed by atoms with van der Waals surface area (Å²) in [7, 11) is 3.26. The first kappa shape index (κ1) is 19.8. The molecule has 0 radical (unpaired) electrons. The summed E-state index contributed by atoms with van der Waals surface area (Å²) in [6, 6.07) is 5.99. The standard InChI is InChI=1S/C21H28N2O3S/c1-5-15-9-16-10-18(25-3)19(26-4)11-17(16)22-21(15)27-13-20(24)23-8-6-7-14(2)12-23/h9-11,14H,5-8,12-13H2,1-4H3. The molecule has 1 atom stereocenters. The number of methoxy groups -OCH3 is 2. The van der Waals surface area contributed by atoms with Crippen molar-refractivity contribution in [2.75, 3.05) is 33.1 Å². The highest BCUT2D eigenvalue weighted by molar-refractivity contribution is 7.99. The van der Waals surface area contributed by atoms with Crippen LogP contribution in [0.3, 0.4) is 0 Å². The topological polar surface area (TPSA) is 51.7 Å². The first-order chi connectivity index (χ1) is 13.0. The third kappa shape index (κ3) is 4.49. The number of nitrogens with zero attached hydrogens (tertiary/aromatic N) is 2. The molecule has 2 heterocycles. The number of piperidine rings is 1. The lowest BCUT2D eigenvalue weighted by Gasteiger charge is -2.30. The number of ether oxygens (including phenoxy) is 2. The van der Waals surface area contributed by atoms with Gasteiger partial charge in [0, 0.05) is 24.5 Å². The molecule has 146 valence electrons. The van der Waals surface area contributed by atoms with Crippen molar-refractivity contribution in [1.29, 1.82) is 0 Å². The monoisotopic (exact) mass is 388 g/mol. The summed E-state index contributed by atoms with van der Waals surface area (Å²) in [5.41, 5.74) is 2.01. The van der Waals surface area contributed by atoms with E-state index >= 15 is 0 Å². The van der Waals surface area contributed by atoms with E-state index in [4.69, 9.17) is 14.5 Å². The van der Waals surface area contributed by atoms with Crippen LogP contribution < -0.4 is 9.47 Å². The highest BCUT2D eigenvalue weighted by Gasteiger charge is 2.21. The summed E-state index contributed by atoms with van der Waals surface area (Å²) >= 11 is 1.54. The van der Waals surface area contributed by atoms with Crippen molar-refractivity contribution in [3.63, 3.8) is 0 Å². The Morgan fingerprint density at radius 2 is 2.00 bits per heavy atom. The zero-order chi connectivity index (χ0) is 19.4. The molecular formula is C21H28N2O3S. The van der Waals surface area contributed by atoms with Gasteiger partial charge in [-0.2, -0.15) is 0 Å². The van der Waals surface area contributed by atoms with Crippen molar-refractivity contribution in [1.82, 2.24) is 9.88 Å². The number of benzene rings is 1. The van der Waals surface area contributed by atoms with E-state index in [2.05, 4.69) is 19.9 Å². The highest BCUT2D eigenvalue weighted by Crippen LogP contribution is 2.34. The Bertz CT molecular complexity index is 825. The number of aryl methyl sites for hydroxylation is 1. The van der Waals surface area contributed by atoms with Gasteiger partial charge in [-0.15, -0.1) is 0 Å². The average Bonchev–Trinajstić information content (AvgIpc) is 2.70. The molecule has 0 aliphatic carbocycles. The predicted molar refractivity (Wildman–Crippen MR) is 110 cm³/mol. The summed E-state index contributed by atoms with van der Waals surface area (Å²) in [4.78, 5) is 19.4. The molecule has 0 saturated carbocycles. The smallest absolute Gasteiger partial charge is 0.232 e. The first-order valence-corrected chi connectivity index (χ1v) is 10.5. The van der Waals surface area contributed by atoms with Gasteiger partial charge in [0.2, 0.25) is 5.91 Å². The number of fused-ring (bicyclic) bond motifs is 1. The quantitative estimate of drug-likeness (QED) is 0.696. The summed E-state index contributed by atoms with van der Waals surface area (Å²) in [5.74, 6) is 2.61. The minimum atomic E-state index is 0.211. The summed E-state index contributed by atoms with van der Waals surface area (Å²) < 4.78 is 10.8. The molecule has 1 fully saturated rings. The fraction of sp³-hybridized carbons (Fsp3) is 0.524. The number of aromatic nitrogens is 1. The van der Waals surface area contributed by atoms with Gasteiger partial charge in [-0.25, -0.2) is 4.98 Å². The van der Waals surface area contributed by atoms with Crippen molar-refractivity contribution >= 4 is 28.6 Å². The molecule has 1 aliphatic rings. The molecule has 1 unspecified atom stereocenters. The second kappa shape index (κ2) is 8.83. The normalized spacial score (nSPS) is 17.2. The van der Waals surface area contributed by atoms with Crippen molar-refractivity contribution < 1.29 is 14.3 Å². The fourth-order valence-electron chi connectivity index (χ4n) is 3.54. The van der Waals surface area contributed by atoms with Crippen molar-refractivity contribution in [3.05, 3.63) is 23.8 Å². The lowest BCUT2D eigenvalue weighted by Crippen LogP contribution is -2.40. The van der Waals surface area contributed by atoms with Gasteiger partial charge in [0.05, 0.1) is 25.5 Å². The molecule has 0 bridgehead atoms. The van der Waals surface area contributed by atoms with E-state index in [-0.39, 0.29) is 5.91 Å². The van der Waals surface area contributed by atoms with Crippen LogP contribution in [0.5, 0.6) is 11.5 Å². The molecule has 1 saturated heterocycles. The number of thioether (sulfide) groups is 1. The van der Waals surface area contributed by atoms with Crippen LogP contribution in [0.4, 0.5) is 0 Å². The minimum absolute atomic E-state index is 0.211. The first-order valence-electron chi connectivity index (χ1n) is 9.52. The average molecular weight is 389 g/mol. The molecule has 1 aromatic carbocycles. The molecule has 2 aromatic rings. The molecular weight excluding hydrogens is 360 g/mol. The van der Waals surface area contributed by atoms with Crippen LogP contribution >= 0.6 is 11.8 Å². The van der Waals surface area contributed by atoms with E-state index in [9.17, 15) is 4.79 Å². The largest absolute Gasteiger partial charge is 0.493 e. The summed E-state index contributed by atoms with van der Waals surface area (Å²) in [6.45, 7) is 6.09. The van der Waals surface area contributed by atoms with Gasteiger partial charge in [0.1, 0.15) is 5.03 Å². The number of carbonyl (C=O) groups excluding carboxylic acids is 1. The van der Waals surface area contributed by atoms with E-state index in [1.807, 2.05) is 17.0 Å². The highest BCUT2D eigenvalue weighted by atomic mass is 32.2. The van der Waals surface area contributed by atoms with Crippen LogP contribution in [0, 0.1) is 5.92 Å². The van der Waals surface area contributed by atoms with Gasteiger partial charge in [-0.3, -0.25) is 4.79 Å². The molecule has 1 aliphatic heterocycles. The van der Waals surface area contributed by atoms with E-state index in [0.29, 0.717) is 23.2 Å². The van der Waals surface area contributed by atoms with Crippen LogP contribution in [-0.4, -0.2) is 48.9 Å². The number of pyridine rings is 1. The minimum Gasteiger partial charge on any atom is -0.493 e. The molecule has 3 rings (SSSR count). The third-order valence-electron chi connectivity index (χ3n) is 5.08. The summed E-state index contributed by atoms with van der Waals surface area (Å²) in [6.07, 6.45) is 3.19. The molecule has 6 heteroatoms. The Morgan fingerprint density at radius 3 is 2.67 bits per heavy atom. The Balaban J connectivity index is 1.81. The van der Waals surface area contributed by atoms with Gasteiger partial charge in [0.25, 0.3) is 0 Å². The van der Waals surface area contributed by atoms with Gasteiger partial charge < -0.3 is 14.4 Å². The molecule has 0 spiro atoms. The van der Waals surface area contributed by atoms with Crippen LogP contribution in [-0.2, 0) is 11.2 Å². The maximum atomic E-state index is 12.6. The van der Waals surface area contributed by atoms with Crippen molar-refractivity contribution in [2.45, 2.75) is 38.1 Å². The molecule has 0 N–H and O–H groups in total. The summed E-state index contributed by atoms with van der Waals surface area (Å²) in [5, 5.41) is 1.95. The van der Waals surface area contributed by atoms with Crippen LogP contribution in [0.25, 0.3) is 10.9 Å². The lowest BCUT2D eigenvalue weighted by molar-refractivity contribution is -0.130. The Labute approximate surface area is 165 Å². The van der Waals surface area contributed by atoms with Crippen LogP contribution in [0.1, 0.15) is 32.3 Å². The lowest BCUT2D eigenvalue weighted by atomic mass is 10.0. The van der Waals surface area contributed by atoms with Crippen molar-refractivity contribution in [3.8, 4) is 11.5 Å². The van der Waals surface area contributed by atoms with Gasteiger partial charge >= 0.3 is 0 Å². The number of rotatable bonds is 6. The number of amides is 1. The maximum Gasteiger partial charge on any atom is 0.232 e. The molecule has 5 nitrogen and oxygen atoms in total. The van der Waals surface area contributed by atoms with Crippen LogP contribution in [0.15, 0.2) is 23.2 Å². The number of likely N-dealkylation sites (tertiary alicyclic amines) is 1. The Morgan fingerprint density at radius 1 is 1.26 bits per heavy atom. The van der Waals surface area contributed by atoms with Gasteiger partial charge in [0.15, 0.2) is 11.5 Å².